The van der Waals surface area contributed by atoms with Crippen molar-refractivity contribution in [1.82, 2.24) is 0 Å². The Hall–Kier alpha value is -0.300. The standard InChI is InChI=1S/C8H13ClO/c1-3-4-8(10)5-7(2)6-9/h5H,3-4,6H2,1-2H3. The number of allylic oxidation sites excluding steroid dienone is 2. The molecule has 0 heterocycles. The number of hydrogen-bond acceptors (Lipinski definition) is 1. The molecule has 0 bridgehead atoms. The van der Waals surface area contributed by atoms with E-state index in [2.05, 4.69) is 0 Å². The molecule has 0 fully saturated rings. The quantitative estimate of drug-likeness (QED) is 0.456. The molecule has 0 aromatic rings. The summed E-state index contributed by atoms with van der Waals surface area (Å²) in [7, 11) is 0. The van der Waals surface area contributed by atoms with Crippen LogP contribution in [-0.4, -0.2) is 11.7 Å². The van der Waals surface area contributed by atoms with Gasteiger partial charge in [0.05, 0.1) is 0 Å². The van der Waals surface area contributed by atoms with Crippen molar-refractivity contribution in [2.24, 2.45) is 0 Å². The van der Waals surface area contributed by atoms with Crippen LogP contribution in [0.15, 0.2) is 11.6 Å². The van der Waals surface area contributed by atoms with Crippen LogP contribution in [0.1, 0.15) is 26.7 Å². The Morgan fingerprint density at radius 1 is 1.60 bits per heavy atom. The Morgan fingerprint density at radius 2 is 2.20 bits per heavy atom. The maximum Gasteiger partial charge on any atom is 0.155 e. The van der Waals surface area contributed by atoms with Crippen molar-refractivity contribution in [2.75, 3.05) is 5.88 Å². The second-order valence-corrected chi connectivity index (χ2v) is 2.61. The van der Waals surface area contributed by atoms with Gasteiger partial charge in [-0.3, -0.25) is 4.79 Å². The predicted molar refractivity (Wildman–Crippen MR) is 44.4 cm³/mol. The van der Waals surface area contributed by atoms with Gasteiger partial charge in [0, 0.05) is 12.3 Å². The van der Waals surface area contributed by atoms with Gasteiger partial charge < -0.3 is 0 Å². The molecule has 2 heteroatoms. The average molecular weight is 161 g/mol. The summed E-state index contributed by atoms with van der Waals surface area (Å²) in [5.41, 5.74) is 0.945. The van der Waals surface area contributed by atoms with Gasteiger partial charge in [0.2, 0.25) is 0 Å². The van der Waals surface area contributed by atoms with Crippen LogP contribution in [0.4, 0.5) is 0 Å². The zero-order chi connectivity index (χ0) is 7.98. The molecular weight excluding hydrogens is 148 g/mol. The first-order valence-corrected chi connectivity index (χ1v) is 4.00. The summed E-state index contributed by atoms with van der Waals surface area (Å²) >= 11 is 5.48. The summed E-state index contributed by atoms with van der Waals surface area (Å²) < 4.78 is 0. The molecule has 0 amide bonds. The molecule has 0 aliphatic rings. The van der Waals surface area contributed by atoms with Crippen molar-refractivity contribution in [1.29, 1.82) is 0 Å². The molecule has 0 spiro atoms. The number of carbonyl (C=O) groups is 1. The molecule has 0 atom stereocenters. The van der Waals surface area contributed by atoms with E-state index in [-0.39, 0.29) is 5.78 Å². The Bertz CT molecular complexity index is 138. The number of hydrogen-bond donors (Lipinski definition) is 0. The molecule has 0 aromatic carbocycles. The molecule has 1 nitrogen and oxygen atoms in total. The van der Waals surface area contributed by atoms with Gasteiger partial charge in [-0.1, -0.05) is 12.5 Å². The maximum atomic E-state index is 10.9. The molecule has 0 saturated heterocycles. The van der Waals surface area contributed by atoms with Crippen LogP contribution in [0.2, 0.25) is 0 Å². The van der Waals surface area contributed by atoms with E-state index in [4.69, 9.17) is 11.6 Å². The normalized spacial score (nSPS) is 11.7. The Labute approximate surface area is 67.1 Å². The van der Waals surface area contributed by atoms with Crippen LogP contribution in [0, 0.1) is 0 Å². The number of ketones is 1. The van der Waals surface area contributed by atoms with Crippen molar-refractivity contribution < 1.29 is 4.79 Å². The fraction of sp³-hybridized carbons (Fsp3) is 0.625. The summed E-state index contributed by atoms with van der Waals surface area (Å²) in [6, 6.07) is 0. The smallest absolute Gasteiger partial charge is 0.155 e. The van der Waals surface area contributed by atoms with Gasteiger partial charge in [-0.25, -0.2) is 0 Å². The molecule has 0 rings (SSSR count). The first-order chi connectivity index (χ1) is 4.70. The first-order valence-electron chi connectivity index (χ1n) is 3.46. The number of rotatable bonds is 4. The van der Waals surface area contributed by atoms with E-state index in [1.807, 2.05) is 13.8 Å². The summed E-state index contributed by atoms with van der Waals surface area (Å²) in [5.74, 6) is 0.635. The average Bonchev–Trinajstić information content (AvgIpc) is 1.88. The van der Waals surface area contributed by atoms with E-state index < -0.39 is 0 Å². The molecule has 0 aliphatic heterocycles. The highest BCUT2D eigenvalue weighted by Crippen LogP contribution is 1.98. The van der Waals surface area contributed by atoms with Crippen LogP contribution in [-0.2, 0) is 4.79 Å². The van der Waals surface area contributed by atoms with Gasteiger partial charge in [0.25, 0.3) is 0 Å². The van der Waals surface area contributed by atoms with Crippen LogP contribution in [0.3, 0.4) is 0 Å². The van der Waals surface area contributed by atoms with Crippen molar-refractivity contribution in [3.05, 3.63) is 11.6 Å². The summed E-state index contributed by atoms with van der Waals surface area (Å²) in [4.78, 5) is 10.9. The fourth-order valence-corrected chi connectivity index (χ4v) is 0.709. The lowest BCUT2D eigenvalue weighted by molar-refractivity contribution is -0.114. The zero-order valence-electron chi connectivity index (χ0n) is 6.48. The van der Waals surface area contributed by atoms with E-state index in [1.165, 1.54) is 0 Å². The summed E-state index contributed by atoms with van der Waals surface area (Å²) in [5, 5.41) is 0. The molecule has 0 aromatic heterocycles. The van der Waals surface area contributed by atoms with Gasteiger partial charge >= 0.3 is 0 Å². The lowest BCUT2D eigenvalue weighted by Crippen LogP contribution is -1.92. The molecule has 58 valence electrons. The molecule has 0 N–H and O–H groups in total. The second-order valence-electron chi connectivity index (χ2n) is 2.34. The van der Waals surface area contributed by atoms with Crippen LogP contribution >= 0.6 is 11.6 Å². The number of carbonyl (C=O) groups excluding carboxylic acids is 1. The van der Waals surface area contributed by atoms with E-state index in [1.54, 1.807) is 6.08 Å². The third kappa shape index (κ3) is 4.57. The van der Waals surface area contributed by atoms with E-state index in [0.717, 1.165) is 12.0 Å². The molecule has 0 saturated carbocycles. The summed E-state index contributed by atoms with van der Waals surface area (Å²) in [6.45, 7) is 3.85. The lowest BCUT2D eigenvalue weighted by Gasteiger charge is -1.92. The van der Waals surface area contributed by atoms with E-state index in [0.29, 0.717) is 12.3 Å². The molecular formula is C8H13ClO. The van der Waals surface area contributed by atoms with Crippen molar-refractivity contribution in [3.8, 4) is 0 Å². The summed E-state index contributed by atoms with van der Waals surface area (Å²) in [6.07, 6.45) is 3.16. The zero-order valence-corrected chi connectivity index (χ0v) is 7.24. The monoisotopic (exact) mass is 160 g/mol. The Kier molecular flexibility index (Phi) is 5.32. The third-order valence-electron chi connectivity index (χ3n) is 1.11. The molecule has 0 unspecified atom stereocenters. The predicted octanol–water partition coefficient (Wildman–Crippen LogP) is 2.54. The van der Waals surface area contributed by atoms with Crippen LogP contribution < -0.4 is 0 Å². The highest BCUT2D eigenvalue weighted by atomic mass is 35.5. The fourth-order valence-electron chi connectivity index (χ4n) is 0.632. The van der Waals surface area contributed by atoms with Crippen molar-refractivity contribution in [3.63, 3.8) is 0 Å². The van der Waals surface area contributed by atoms with E-state index >= 15 is 0 Å². The van der Waals surface area contributed by atoms with E-state index in [9.17, 15) is 4.79 Å². The minimum absolute atomic E-state index is 0.181. The first kappa shape index (κ1) is 9.70. The Balaban J connectivity index is 3.75. The molecule has 0 aliphatic carbocycles. The minimum Gasteiger partial charge on any atom is -0.295 e. The number of alkyl halides is 1. The van der Waals surface area contributed by atoms with Gasteiger partial charge in [0.15, 0.2) is 5.78 Å². The molecule has 0 radical (unpaired) electrons. The lowest BCUT2D eigenvalue weighted by atomic mass is 10.2. The SMILES string of the molecule is CCCC(=O)C=C(C)CCl. The van der Waals surface area contributed by atoms with Gasteiger partial charge in [-0.05, 0) is 19.4 Å². The highest BCUT2D eigenvalue weighted by Gasteiger charge is 1.94. The van der Waals surface area contributed by atoms with Crippen molar-refractivity contribution >= 4 is 17.4 Å². The topological polar surface area (TPSA) is 17.1 Å². The second kappa shape index (κ2) is 5.48. The maximum absolute atomic E-state index is 10.9. The van der Waals surface area contributed by atoms with Gasteiger partial charge in [0.1, 0.15) is 0 Å². The molecule has 10 heavy (non-hydrogen) atoms. The largest absolute Gasteiger partial charge is 0.295 e. The van der Waals surface area contributed by atoms with Crippen molar-refractivity contribution in [2.45, 2.75) is 26.7 Å². The van der Waals surface area contributed by atoms with Crippen LogP contribution in [0.25, 0.3) is 0 Å². The van der Waals surface area contributed by atoms with Gasteiger partial charge in [-0.2, -0.15) is 0 Å². The van der Waals surface area contributed by atoms with Crippen LogP contribution in [0.5, 0.6) is 0 Å². The number of halogens is 1. The highest BCUT2D eigenvalue weighted by molar-refractivity contribution is 6.19. The third-order valence-corrected chi connectivity index (χ3v) is 1.54. The van der Waals surface area contributed by atoms with Gasteiger partial charge in [-0.15, -0.1) is 11.6 Å². The Morgan fingerprint density at radius 3 is 2.60 bits per heavy atom. The minimum atomic E-state index is 0.181.